The topological polar surface area (TPSA) is 58.9 Å². The Bertz CT molecular complexity index is 166. The molecule has 0 aliphatic carbocycles. The Morgan fingerprint density at radius 3 is 1.31 bits per heavy atom. The number of rotatable bonds is 9. The second kappa shape index (κ2) is 7.22. The van der Waals surface area contributed by atoms with Crippen LogP contribution in [0.3, 0.4) is 0 Å². The number of hydrogen-bond donors (Lipinski definition) is 2. The lowest BCUT2D eigenvalue weighted by Gasteiger charge is -2.33. The van der Waals surface area contributed by atoms with E-state index in [9.17, 15) is 0 Å². The highest BCUT2D eigenvalue weighted by atomic mass is 17.2. The summed E-state index contributed by atoms with van der Waals surface area (Å²) in [6.07, 6.45) is 2.63. The Labute approximate surface area is 98.5 Å². The fourth-order valence-corrected chi connectivity index (χ4v) is 1.23. The van der Waals surface area contributed by atoms with E-state index < -0.39 is 11.2 Å². The Balaban J connectivity index is 4.26. The summed E-state index contributed by atoms with van der Waals surface area (Å²) in [5, 5.41) is 17.9. The molecule has 16 heavy (non-hydrogen) atoms. The molecule has 0 bridgehead atoms. The maximum Gasteiger partial charge on any atom is 0.103 e. The third kappa shape index (κ3) is 5.25. The van der Waals surface area contributed by atoms with Crippen LogP contribution < -0.4 is 0 Å². The van der Waals surface area contributed by atoms with E-state index >= 15 is 0 Å². The summed E-state index contributed by atoms with van der Waals surface area (Å²) >= 11 is 0. The SMILES string of the molecule is CCC(C)(CCO)OOC(C)(CC)CCO. The second-order valence-electron chi connectivity index (χ2n) is 4.72. The first-order valence-electron chi connectivity index (χ1n) is 6.04. The van der Waals surface area contributed by atoms with Crippen molar-refractivity contribution >= 4 is 0 Å². The molecule has 0 aliphatic rings. The molecule has 4 nitrogen and oxygen atoms in total. The van der Waals surface area contributed by atoms with Gasteiger partial charge in [0.2, 0.25) is 0 Å². The number of hydrogen-bond acceptors (Lipinski definition) is 4. The van der Waals surface area contributed by atoms with Crippen LogP contribution in [0.4, 0.5) is 0 Å². The normalized spacial score (nSPS) is 19.1. The van der Waals surface area contributed by atoms with Crippen LogP contribution in [0.1, 0.15) is 53.4 Å². The van der Waals surface area contributed by atoms with E-state index in [1.165, 1.54) is 0 Å². The quantitative estimate of drug-likeness (QED) is 0.473. The zero-order chi connectivity index (χ0) is 12.7. The fraction of sp³-hybridized carbons (Fsp3) is 1.00. The van der Waals surface area contributed by atoms with E-state index in [2.05, 4.69) is 0 Å². The fourth-order valence-electron chi connectivity index (χ4n) is 1.23. The van der Waals surface area contributed by atoms with Crippen molar-refractivity contribution in [2.75, 3.05) is 13.2 Å². The number of aliphatic hydroxyl groups is 2. The van der Waals surface area contributed by atoms with E-state index in [-0.39, 0.29) is 13.2 Å². The van der Waals surface area contributed by atoms with Crippen LogP contribution in [-0.2, 0) is 9.78 Å². The van der Waals surface area contributed by atoms with Gasteiger partial charge >= 0.3 is 0 Å². The van der Waals surface area contributed by atoms with Crippen molar-refractivity contribution in [2.24, 2.45) is 0 Å². The Morgan fingerprint density at radius 2 is 1.12 bits per heavy atom. The Hall–Kier alpha value is -0.160. The predicted octanol–water partition coefficient (Wildman–Crippen LogP) is 2.04. The molecule has 98 valence electrons. The molecule has 0 rings (SSSR count). The van der Waals surface area contributed by atoms with Gasteiger partial charge < -0.3 is 10.2 Å². The molecule has 4 heteroatoms. The second-order valence-corrected chi connectivity index (χ2v) is 4.72. The molecule has 2 N–H and O–H groups in total. The predicted molar refractivity (Wildman–Crippen MR) is 63.0 cm³/mol. The van der Waals surface area contributed by atoms with Gasteiger partial charge in [-0.2, -0.15) is 0 Å². The molecule has 0 radical (unpaired) electrons. The summed E-state index contributed by atoms with van der Waals surface area (Å²) in [5.74, 6) is 0. The summed E-state index contributed by atoms with van der Waals surface area (Å²) in [6.45, 7) is 7.98. The zero-order valence-electron chi connectivity index (χ0n) is 11.0. The molecule has 0 aromatic heterocycles. The molecular weight excluding hydrogens is 208 g/mol. The van der Waals surface area contributed by atoms with Gasteiger partial charge in [-0.1, -0.05) is 13.8 Å². The van der Waals surface area contributed by atoms with Crippen LogP contribution in [0.5, 0.6) is 0 Å². The van der Waals surface area contributed by atoms with Gasteiger partial charge in [0.15, 0.2) is 0 Å². The van der Waals surface area contributed by atoms with E-state index in [0.29, 0.717) is 12.8 Å². The molecule has 0 saturated heterocycles. The van der Waals surface area contributed by atoms with Crippen molar-refractivity contribution < 1.29 is 20.0 Å². The summed E-state index contributed by atoms with van der Waals surface area (Å²) in [4.78, 5) is 10.9. The van der Waals surface area contributed by atoms with Crippen molar-refractivity contribution in [3.05, 3.63) is 0 Å². The molecule has 0 spiro atoms. The average Bonchev–Trinajstić information content (AvgIpc) is 2.27. The maximum absolute atomic E-state index is 8.95. The summed E-state index contributed by atoms with van der Waals surface area (Å²) in [5.41, 5.74) is -0.915. The lowest BCUT2D eigenvalue weighted by atomic mass is 9.99. The Kier molecular flexibility index (Phi) is 7.15. The van der Waals surface area contributed by atoms with E-state index in [1.54, 1.807) is 0 Å². The minimum absolute atomic E-state index is 0.0799. The highest BCUT2D eigenvalue weighted by Gasteiger charge is 2.30. The van der Waals surface area contributed by atoms with Crippen molar-refractivity contribution in [1.29, 1.82) is 0 Å². The summed E-state index contributed by atoms with van der Waals surface area (Å²) in [6, 6.07) is 0. The third-order valence-corrected chi connectivity index (χ3v) is 3.22. The van der Waals surface area contributed by atoms with Crippen molar-refractivity contribution in [3.8, 4) is 0 Å². The van der Waals surface area contributed by atoms with Crippen LogP contribution >= 0.6 is 0 Å². The largest absolute Gasteiger partial charge is 0.396 e. The summed E-state index contributed by atoms with van der Waals surface area (Å²) < 4.78 is 0. The highest BCUT2D eigenvalue weighted by molar-refractivity contribution is 4.74. The van der Waals surface area contributed by atoms with Crippen LogP contribution in [0, 0.1) is 0 Å². The van der Waals surface area contributed by atoms with Crippen LogP contribution in [0.25, 0.3) is 0 Å². The average molecular weight is 234 g/mol. The first kappa shape index (κ1) is 15.8. The van der Waals surface area contributed by atoms with Crippen molar-refractivity contribution in [1.82, 2.24) is 0 Å². The molecule has 2 atom stereocenters. The minimum atomic E-state index is -0.458. The smallest absolute Gasteiger partial charge is 0.103 e. The van der Waals surface area contributed by atoms with E-state index in [1.807, 2.05) is 27.7 Å². The summed E-state index contributed by atoms with van der Waals surface area (Å²) in [7, 11) is 0. The van der Waals surface area contributed by atoms with Crippen LogP contribution in [0.15, 0.2) is 0 Å². The number of aliphatic hydroxyl groups excluding tert-OH is 2. The zero-order valence-corrected chi connectivity index (χ0v) is 11.0. The maximum atomic E-state index is 8.95. The molecule has 0 saturated carbocycles. The van der Waals surface area contributed by atoms with Crippen molar-refractivity contribution in [3.63, 3.8) is 0 Å². The molecule has 0 fully saturated rings. The molecular formula is C12H26O4. The van der Waals surface area contributed by atoms with Gasteiger partial charge in [0.25, 0.3) is 0 Å². The molecule has 0 aromatic rings. The van der Waals surface area contributed by atoms with Crippen LogP contribution in [-0.4, -0.2) is 34.6 Å². The van der Waals surface area contributed by atoms with Gasteiger partial charge in [-0.3, -0.25) is 0 Å². The first-order chi connectivity index (χ1) is 7.45. The van der Waals surface area contributed by atoms with E-state index in [4.69, 9.17) is 20.0 Å². The van der Waals surface area contributed by atoms with Crippen molar-refractivity contribution in [2.45, 2.75) is 64.6 Å². The molecule has 0 aromatic carbocycles. The lowest BCUT2D eigenvalue weighted by molar-refractivity contribution is -0.412. The first-order valence-corrected chi connectivity index (χ1v) is 6.04. The van der Waals surface area contributed by atoms with E-state index in [0.717, 1.165) is 12.8 Å². The van der Waals surface area contributed by atoms with Gasteiger partial charge in [-0.25, -0.2) is 9.78 Å². The van der Waals surface area contributed by atoms with Crippen LogP contribution in [0.2, 0.25) is 0 Å². The van der Waals surface area contributed by atoms with Gasteiger partial charge in [0.1, 0.15) is 11.2 Å². The van der Waals surface area contributed by atoms with Gasteiger partial charge in [0.05, 0.1) is 0 Å². The molecule has 0 heterocycles. The highest BCUT2D eigenvalue weighted by Crippen LogP contribution is 2.26. The molecule has 0 aliphatic heterocycles. The van der Waals surface area contributed by atoms with Gasteiger partial charge in [-0.05, 0) is 26.7 Å². The minimum Gasteiger partial charge on any atom is -0.396 e. The standard InChI is InChI=1S/C12H26O4/c1-5-11(3,7-9-13)15-16-12(4,6-2)8-10-14/h13-14H,5-10H2,1-4H3. The monoisotopic (exact) mass is 234 g/mol. The van der Waals surface area contributed by atoms with Gasteiger partial charge in [-0.15, -0.1) is 0 Å². The molecule has 0 amide bonds. The molecule has 2 unspecified atom stereocenters. The Morgan fingerprint density at radius 1 is 0.812 bits per heavy atom. The third-order valence-electron chi connectivity index (χ3n) is 3.22. The van der Waals surface area contributed by atoms with Gasteiger partial charge in [0, 0.05) is 26.1 Å². The lowest BCUT2D eigenvalue weighted by Crippen LogP contribution is -2.37.